The van der Waals surface area contributed by atoms with Gasteiger partial charge in [0.2, 0.25) is 10.0 Å². The Hall–Kier alpha value is -0.470. The lowest BCUT2D eigenvalue weighted by Gasteiger charge is -2.19. The highest BCUT2D eigenvalue weighted by atomic mass is 79.9. The van der Waals surface area contributed by atoms with Crippen molar-refractivity contribution in [2.45, 2.75) is 18.4 Å². The van der Waals surface area contributed by atoms with E-state index in [1.54, 1.807) is 13.0 Å². The van der Waals surface area contributed by atoms with Crippen LogP contribution in [-0.2, 0) is 21.3 Å². The van der Waals surface area contributed by atoms with Crippen molar-refractivity contribution in [3.63, 3.8) is 0 Å². The van der Waals surface area contributed by atoms with E-state index < -0.39 is 10.0 Å². The molecule has 1 aromatic rings. The fourth-order valence-corrected chi connectivity index (χ4v) is 3.69. The van der Waals surface area contributed by atoms with Crippen LogP contribution in [0.3, 0.4) is 0 Å². The Bertz CT molecular complexity index is 546. The SMILES string of the molecule is COCCN(C)S(=O)(=O)c1cc(CN)cc(Br)c1C. The summed E-state index contributed by atoms with van der Waals surface area (Å²) in [6.07, 6.45) is 0. The van der Waals surface area contributed by atoms with Crippen molar-refractivity contribution in [1.29, 1.82) is 0 Å². The molecule has 0 heterocycles. The quantitative estimate of drug-likeness (QED) is 0.843. The number of halogens is 1. The molecule has 0 radical (unpaired) electrons. The average molecular weight is 351 g/mol. The number of rotatable bonds is 6. The van der Waals surface area contributed by atoms with E-state index >= 15 is 0 Å². The molecule has 0 aliphatic carbocycles. The molecule has 0 aromatic heterocycles. The third-order valence-electron chi connectivity index (χ3n) is 2.89. The molecule has 7 heteroatoms. The van der Waals surface area contributed by atoms with Crippen molar-refractivity contribution in [3.8, 4) is 0 Å². The van der Waals surface area contributed by atoms with Crippen molar-refractivity contribution in [3.05, 3.63) is 27.7 Å². The highest BCUT2D eigenvalue weighted by Gasteiger charge is 2.24. The van der Waals surface area contributed by atoms with E-state index in [1.165, 1.54) is 18.5 Å². The Morgan fingerprint density at radius 3 is 2.58 bits per heavy atom. The Morgan fingerprint density at radius 2 is 2.05 bits per heavy atom. The minimum atomic E-state index is -3.53. The summed E-state index contributed by atoms with van der Waals surface area (Å²) in [5.41, 5.74) is 7.04. The van der Waals surface area contributed by atoms with Crippen LogP contribution in [0.1, 0.15) is 11.1 Å². The van der Waals surface area contributed by atoms with Gasteiger partial charge in [0.25, 0.3) is 0 Å². The van der Waals surface area contributed by atoms with Crippen molar-refractivity contribution < 1.29 is 13.2 Å². The van der Waals surface area contributed by atoms with Gasteiger partial charge in [-0.3, -0.25) is 0 Å². The summed E-state index contributed by atoms with van der Waals surface area (Å²) in [4.78, 5) is 0.279. The summed E-state index contributed by atoms with van der Waals surface area (Å²) in [5.74, 6) is 0. The van der Waals surface area contributed by atoms with Gasteiger partial charge in [0.05, 0.1) is 11.5 Å². The van der Waals surface area contributed by atoms with Gasteiger partial charge < -0.3 is 10.5 Å². The van der Waals surface area contributed by atoms with Crippen LogP contribution in [0.4, 0.5) is 0 Å². The molecular weight excluding hydrogens is 332 g/mol. The van der Waals surface area contributed by atoms with Gasteiger partial charge in [-0.2, -0.15) is 4.31 Å². The highest BCUT2D eigenvalue weighted by Crippen LogP contribution is 2.27. The van der Waals surface area contributed by atoms with Crippen LogP contribution in [0.15, 0.2) is 21.5 Å². The number of nitrogens with zero attached hydrogens (tertiary/aromatic N) is 1. The van der Waals surface area contributed by atoms with Gasteiger partial charge in [-0.25, -0.2) is 8.42 Å². The maximum atomic E-state index is 12.5. The van der Waals surface area contributed by atoms with E-state index in [2.05, 4.69) is 15.9 Å². The van der Waals surface area contributed by atoms with Crippen LogP contribution >= 0.6 is 15.9 Å². The first-order valence-electron chi connectivity index (χ1n) is 5.79. The standard InChI is InChI=1S/C12H19BrN2O3S/c1-9-11(13)6-10(8-14)7-12(9)19(16,17)15(2)4-5-18-3/h6-7H,4-5,8,14H2,1-3H3. The lowest BCUT2D eigenvalue weighted by Crippen LogP contribution is -2.30. The molecule has 0 amide bonds. The predicted octanol–water partition coefficient (Wildman–Crippen LogP) is 1.48. The lowest BCUT2D eigenvalue weighted by molar-refractivity contribution is 0.185. The van der Waals surface area contributed by atoms with Gasteiger partial charge >= 0.3 is 0 Å². The van der Waals surface area contributed by atoms with E-state index in [-0.39, 0.29) is 4.90 Å². The fraction of sp³-hybridized carbons (Fsp3) is 0.500. The average Bonchev–Trinajstić information content (AvgIpc) is 2.38. The monoisotopic (exact) mass is 350 g/mol. The second kappa shape index (κ2) is 6.81. The summed E-state index contributed by atoms with van der Waals surface area (Å²) in [7, 11) is -0.452. The lowest BCUT2D eigenvalue weighted by atomic mass is 10.1. The van der Waals surface area contributed by atoms with Crippen LogP contribution in [0, 0.1) is 6.92 Å². The highest BCUT2D eigenvalue weighted by molar-refractivity contribution is 9.10. The van der Waals surface area contributed by atoms with Crippen molar-refractivity contribution in [1.82, 2.24) is 4.31 Å². The molecule has 0 unspecified atom stereocenters. The molecule has 0 aliphatic rings. The number of hydrogen-bond donors (Lipinski definition) is 1. The van der Waals surface area contributed by atoms with Crippen LogP contribution < -0.4 is 5.73 Å². The van der Waals surface area contributed by atoms with Crippen molar-refractivity contribution in [2.75, 3.05) is 27.3 Å². The maximum absolute atomic E-state index is 12.5. The van der Waals surface area contributed by atoms with Gasteiger partial charge in [0.1, 0.15) is 0 Å². The third-order valence-corrected chi connectivity index (χ3v) is 5.70. The molecule has 0 aliphatic heterocycles. The number of hydrogen-bond acceptors (Lipinski definition) is 4. The Balaban J connectivity index is 3.24. The van der Waals surface area contributed by atoms with Crippen LogP contribution in [0.25, 0.3) is 0 Å². The van der Waals surface area contributed by atoms with Gasteiger partial charge in [-0.1, -0.05) is 15.9 Å². The molecule has 0 atom stereocenters. The molecule has 0 fully saturated rings. The second-order valence-electron chi connectivity index (χ2n) is 4.22. The van der Waals surface area contributed by atoms with Crippen LogP contribution in [-0.4, -0.2) is 40.0 Å². The van der Waals surface area contributed by atoms with Gasteiger partial charge in [0, 0.05) is 31.7 Å². The minimum Gasteiger partial charge on any atom is -0.383 e. The normalized spacial score (nSPS) is 12.1. The molecule has 5 nitrogen and oxygen atoms in total. The summed E-state index contributed by atoms with van der Waals surface area (Å²) in [6.45, 7) is 2.72. The molecular formula is C12H19BrN2O3S. The zero-order valence-corrected chi connectivity index (χ0v) is 13.7. The number of likely N-dealkylation sites (N-methyl/N-ethyl adjacent to an activating group) is 1. The first kappa shape index (κ1) is 16.6. The number of nitrogens with two attached hydrogens (primary N) is 1. The molecule has 108 valence electrons. The topological polar surface area (TPSA) is 72.6 Å². The molecule has 1 aromatic carbocycles. The zero-order chi connectivity index (χ0) is 14.6. The molecule has 0 bridgehead atoms. The maximum Gasteiger partial charge on any atom is 0.243 e. The Kier molecular flexibility index (Phi) is 5.94. The van der Waals surface area contributed by atoms with Gasteiger partial charge in [0.15, 0.2) is 0 Å². The van der Waals surface area contributed by atoms with Gasteiger partial charge in [-0.05, 0) is 30.2 Å². The van der Waals surface area contributed by atoms with Crippen LogP contribution in [0.5, 0.6) is 0 Å². The summed E-state index contributed by atoms with van der Waals surface area (Å²) in [5, 5.41) is 0. The molecule has 2 N–H and O–H groups in total. The molecule has 0 saturated carbocycles. The summed E-state index contributed by atoms with van der Waals surface area (Å²) >= 11 is 3.37. The Labute approximate surface area is 122 Å². The van der Waals surface area contributed by atoms with Crippen LogP contribution in [0.2, 0.25) is 0 Å². The van der Waals surface area contributed by atoms with E-state index in [4.69, 9.17) is 10.5 Å². The zero-order valence-electron chi connectivity index (χ0n) is 11.3. The molecule has 19 heavy (non-hydrogen) atoms. The predicted molar refractivity (Wildman–Crippen MR) is 78.5 cm³/mol. The first-order chi connectivity index (χ1) is 8.84. The number of sulfonamides is 1. The molecule has 1 rings (SSSR count). The minimum absolute atomic E-state index is 0.279. The third kappa shape index (κ3) is 3.76. The Morgan fingerprint density at radius 1 is 1.42 bits per heavy atom. The summed E-state index contributed by atoms with van der Waals surface area (Å²) in [6, 6.07) is 3.46. The van der Waals surface area contributed by atoms with E-state index in [9.17, 15) is 8.42 Å². The van der Waals surface area contributed by atoms with Gasteiger partial charge in [-0.15, -0.1) is 0 Å². The largest absolute Gasteiger partial charge is 0.383 e. The number of methoxy groups -OCH3 is 1. The second-order valence-corrected chi connectivity index (χ2v) is 7.09. The van der Waals surface area contributed by atoms with E-state index in [0.29, 0.717) is 25.3 Å². The van der Waals surface area contributed by atoms with E-state index in [1.807, 2.05) is 6.07 Å². The summed E-state index contributed by atoms with van der Waals surface area (Å²) < 4.78 is 31.9. The first-order valence-corrected chi connectivity index (χ1v) is 8.02. The number of ether oxygens (including phenoxy) is 1. The molecule has 0 saturated heterocycles. The van der Waals surface area contributed by atoms with Crippen molar-refractivity contribution >= 4 is 26.0 Å². The molecule has 0 spiro atoms. The fourth-order valence-electron chi connectivity index (χ4n) is 1.60. The van der Waals surface area contributed by atoms with E-state index in [0.717, 1.165) is 10.0 Å². The smallest absolute Gasteiger partial charge is 0.243 e. The van der Waals surface area contributed by atoms with Crippen molar-refractivity contribution in [2.24, 2.45) is 5.73 Å². The number of benzene rings is 1.